The molecule has 4 nitrogen and oxygen atoms in total. The first-order chi connectivity index (χ1) is 9.36. The molecule has 1 aromatic carbocycles. The summed E-state index contributed by atoms with van der Waals surface area (Å²) in [5, 5.41) is 4.25. The maximum Gasteiger partial charge on any atom is 0.0787 e. The molecule has 3 rings (SSSR count). The Kier molecular flexibility index (Phi) is 3.51. The fourth-order valence-corrected chi connectivity index (χ4v) is 2.67. The van der Waals surface area contributed by atoms with Crippen molar-refractivity contribution in [3.8, 4) is 0 Å². The number of anilines is 1. The summed E-state index contributed by atoms with van der Waals surface area (Å²) in [6, 6.07) is 10.6. The number of nitrogens with zero attached hydrogens (tertiary/aromatic N) is 3. The van der Waals surface area contributed by atoms with Crippen LogP contribution in [0.15, 0.2) is 42.7 Å². The highest BCUT2D eigenvalue weighted by Crippen LogP contribution is 2.27. The zero-order chi connectivity index (χ0) is 13.1. The molecule has 0 aliphatic carbocycles. The summed E-state index contributed by atoms with van der Waals surface area (Å²) in [5.74, 6) is 0. The SMILES string of the molecule is CO[C@@H]1Cc2ccccc2N(CCn2cccn2)C1. The van der Waals surface area contributed by atoms with Gasteiger partial charge in [0.25, 0.3) is 0 Å². The molecular formula is C15H19N3O. The molecular weight excluding hydrogens is 238 g/mol. The van der Waals surface area contributed by atoms with Crippen LogP contribution in [-0.4, -0.2) is 36.1 Å². The van der Waals surface area contributed by atoms with Crippen molar-refractivity contribution in [2.75, 3.05) is 25.1 Å². The van der Waals surface area contributed by atoms with E-state index in [1.807, 2.05) is 23.1 Å². The molecule has 1 atom stereocenters. The van der Waals surface area contributed by atoms with E-state index in [1.165, 1.54) is 11.3 Å². The van der Waals surface area contributed by atoms with Gasteiger partial charge < -0.3 is 9.64 Å². The summed E-state index contributed by atoms with van der Waals surface area (Å²) < 4.78 is 7.52. The second-order valence-electron chi connectivity index (χ2n) is 4.91. The van der Waals surface area contributed by atoms with Crippen molar-refractivity contribution in [2.24, 2.45) is 0 Å². The zero-order valence-corrected chi connectivity index (χ0v) is 11.2. The average molecular weight is 257 g/mol. The maximum atomic E-state index is 5.55. The first kappa shape index (κ1) is 12.2. The number of para-hydroxylation sites is 1. The number of hydrogen-bond acceptors (Lipinski definition) is 3. The van der Waals surface area contributed by atoms with Gasteiger partial charge in [0.15, 0.2) is 0 Å². The third kappa shape index (κ3) is 2.63. The molecule has 100 valence electrons. The Morgan fingerprint density at radius 1 is 1.26 bits per heavy atom. The first-order valence-corrected chi connectivity index (χ1v) is 6.70. The lowest BCUT2D eigenvalue weighted by Gasteiger charge is -2.35. The van der Waals surface area contributed by atoms with Gasteiger partial charge in [0.2, 0.25) is 0 Å². The van der Waals surface area contributed by atoms with E-state index < -0.39 is 0 Å². The molecule has 0 bridgehead atoms. The lowest BCUT2D eigenvalue weighted by atomic mass is 9.99. The van der Waals surface area contributed by atoms with E-state index in [9.17, 15) is 0 Å². The third-order valence-corrected chi connectivity index (χ3v) is 3.70. The molecule has 0 unspecified atom stereocenters. The van der Waals surface area contributed by atoms with Crippen LogP contribution in [0.1, 0.15) is 5.56 Å². The van der Waals surface area contributed by atoms with Crippen LogP contribution in [0, 0.1) is 0 Å². The largest absolute Gasteiger partial charge is 0.379 e. The van der Waals surface area contributed by atoms with Crippen molar-refractivity contribution in [3.05, 3.63) is 48.3 Å². The van der Waals surface area contributed by atoms with Gasteiger partial charge in [0, 0.05) is 44.7 Å². The molecule has 1 aliphatic rings. The summed E-state index contributed by atoms with van der Waals surface area (Å²) in [4.78, 5) is 2.40. The van der Waals surface area contributed by atoms with Gasteiger partial charge in [-0.15, -0.1) is 0 Å². The quantitative estimate of drug-likeness (QED) is 0.839. The minimum Gasteiger partial charge on any atom is -0.379 e. The van der Waals surface area contributed by atoms with Gasteiger partial charge in [-0.05, 0) is 17.7 Å². The van der Waals surface area contributed by atoms with Crippen LogP contribution in [0.4, 0.5) is 5.69 Å². The van der Waals surface area contributed by atoms with Crippen LogP contribution in [0.5, 0.6) is 0 Å². The number of benzene rings is 1. The highest BCUT2D eigenvalue weighted by atomic mass is 16.5. The zero-order valence-electron chi connectivity index (χ0n) is 11.2. The van der Waals surface area contributed by atoms with Gasteiger partial charge >= 0.3 is 0 Å². The Bertz CT molecular complexity index is 524. The van der Waals surface area contributed by atoms with Gasteiger partial charge in [-0.25, -0.2) is 0 Å². The van der Waals surface area contributed by atoms with Crippen LogP contribution in [0.2, 0.25) is 0 Å². The number of methoxy groups -OCH3 is 1. The standard InChI is InChI=1S/C15H19N3O/c1-19-14-11-13-5-2-3-6-15(13)17(12-14)9-10-18-8-4-7-16-18/h2-8,14H,9-12H2,1H3/t14-/m1/s1. The summed E-state index contributed by atoms with van der Waals surface area (Å²) in [5.41, 5.74) is 2.71. The molecule has 0 amide bonds. The second-order valence-corrected chi connectivity index (χ2v) is 4.91. The number of aromatic nitrogens is 2. The lowest BCUT2D eigenvalue weighted by molar-refractivity contribution is 0.104. The van der Waals surface area contributed by atoms with Crippen LogP contribution >= 0.6 is 0 Å². The summed E-state index contributed by atoms with van der Waals surface area (Å²) in [6.07, 6.45) is 5.11. The van der Waals surface area contributed by atoms with Crippen molar-refractivity contribution < 1.29 is 4.74 Å². The van der Waals surface area contributed by atoms with Crippen LogP contribution in [0.25, 0.3) is 0 Å². The second kappa shape index (κ2) is 5.45. The van der Waals surface area contributed by atoms with Gasteiger partial charge in [-0.1, -0.05) is 18.2 Å². The summed E-state index contributed by atoms with van der Waals surface area (Å²) in [6.45, 7) is 2.81. The summed E-state index contributed by atoms with van der Waals surface area (Å²) >= 11 is 0. The number of rotatable bonds is 4. The highest BCUT2D eigenvalue weighted by Gasteiger charge is 2.23. The molecule has 1 aliphatic heterocycles. The normalized spacial score (nSPS) is 18.4. The number of fused-ring (bicyclic) bond motifs is 1. The Hall–Kier alpha value is -1.81. The van der Waals surface area contributed by atoms with Crippen molar-refractivity contribution in [3.63, 3.8) is 0 Å². The molecule has 4 heteroatoms. The van der Waals surface area contributed by atoms with Gasteiger partial charge in [-0.3, -0.25) is 4.68 Å². The monoisotopic (exact) mass is 257 g/mol. The molecule has 2 aromatic rings. The number of ether oxygens (including phenoxy) is 1. The Morgan fingerprint density at radius 3 is 2.95 bits per heavy atom. The molecule has 2 heterocycles. The first-order valence-electron chi connectivity index (χ1n) is 6.70. The van der Waals surface area contributed by atoms with E-state index in [1.54, 1.807) is 7.11 Å². The third-order valence-electron chi connectivity index (χ3n) is 3.70. The minimum absolute atomic E-state index is 0.285. The van der Waals surface area contributed by atoms with Gasteiger partial charge in [0.05, 0.1) is 12.6 Å². The topological polar surface area (TPSA) is 30.3 Å². The maximum absolute atomic E-state index is 5.55. The molecule has 0 spiro atoms. The molecule has 0 N–H and O–H groups in total. The number of hydrogen-bond donors (Lipinski definition) is 0. The molecule has 0 radical (unpaired) electrons. The van der Waals surface area contributed by atoms with Crippen LogP contribution in [-0.2, 0) is 17.7 Å². The molecule has 0 saturated carbocycles. The van der Waals surface area contributed by atoms with E-state index in [2.05, 4.69) is 34.3 Å². The molecule has 0 saturated heterocycles. The predicted molar refractivity (Wildman–Crippen MR) is 75.4 cm³/mol. The van der Waals surface area contributed by atoms with E-state index in [4.69, 9.17) is 4.74 Å². The lowest BCUT2D eigenvalue weighted by Crippen LogP contribution is -2.41. The Labute approximate surface area is 113 Å². The highest BCUT2D eigenvalue weighted by molar-refractivity contribution is 5.56. The fourth-order valence-electron chi connectivity index (χ4n) is 2.67. The van der Waals surface area contributed by atoms with Crippen molar-refractivity contribution in [1.82, 2.24) is 9.78 Å². The van der Waals surface area contributed by atoms with E-state index >= 15 is 0 Å². The molecule has 19 heavy (non-hydrogen) atoms. The smallest absolute Gasteiger partial charge is 0.0787 e. The van der Waals surface area contributed by atoms with Crippen LogP contribution < -0.4 is 4.90 Å². The molecule has 0 fully saturated rings. The van der Waals surface area contributed by atoms with Gasteiger partial charge in [0.1, 0.15) is 0 Å². The van der Waals surface area contributed by atoms with Crippen molar-refractivity contribution in [2.45, 2.75) is 19.1 Å². The predicted octanol–water partition coefficient (Wildman–Crippen LogP) is 1.96. The Balaban J connectivity index is 1.76. The fraction of sp³-hybridized carbons (Fsp3) is 0.400. The average Bonchev–Trinajstić information content (AvgIpc) is 2.97. The van der Waals surface area contributed by atoms with Crippen molar-refractivity contribution >= 4 is 5.69 Å². The van der Waals surface area contributed by atoms with E-state index in [0.29, 0.717) is 0 Å². The Morgan fingerprint density at radius 2 is 2.16 bits per heavy atom. The summed E-state index contributed by atoms with van der Waals surface area (Å²) in [7, 11) is 1.80. The minimum atomic E-state index is 0.285. The van der Waals surface area contributed by atoms with Crippen molar-refractivity contribution in [1.29, 1.82) is 0 Å². The van der Waals surface area contributed by atoms with E-state index in [0.717, 1.165) is 26.1 Å². The van der Waals surface area contributed by atoms with E-state index in [-0.39, 0.29) is 6.10 Å². The molecule has 1 aromatic heterocycles. The van der Waals surface area contributed by atoms with Crippen LogP contribution in [0.3, 0.4) is 0 Å². The van der Waals surface area contributed by atoms with Gasteiger partial charge in [-0.2, -0.15) is 5.10 Å².